The van der Waals surface area contributed by atoms with Crippen LogP contribution in [0.2, 0.25) is 0 Å². The van der Waals surface area contributed by atoms with Gasteiger partial charge in [0, 0.05) is 12.1 Å². The second kappa shape index (κ2) is 6.78. The Hall–Kier alpha value is -1.03. The molecule has 102 valence electrons. The molecule has 0 spiro atoms. The molecule has 4 nitrogen and oxygen atoms in total. The molecule has 0 aromatic carbocycles. The molecule has 1 saturated carbocycles. The van der Waals surface area contributed by atoms with Gasteiger partial charge in [-0.1, -0.05) is 12.5 Å². The van der Waals surface area contributed by atoms with E-state index in [1.165, 1.54) is 18.4 Å². The van der Waals surface area contributed by atoms with Crippen molar-refractivity contribution in [2.45, 2.75) is 45.4 Å². The molecule has 0 atom stereocenters. The topological polar surface area (TPSA) is 53.2 Å². The summed E-state index contributed by atoms with van der Waals surface area (Å²) in [6.07, 6.45) is 8.55. The second-order valence-electron chi connectivity index (χ2n) is 5.64. The van der Waals surface area contributed by atoms with Crippen LogP contribution in [0.15, 0.2) is 11.8 Å². The molecule has 0 aromatic rings. The first kappa shape index (κ1) is 13.4. The quantitative estimate of drug-likeness (QED) is 0.669. The maximum atomic E-state index is 11.9. The van der Waals surface area contributed by atoms with Crippen LogP contribution in [0.1, 0.15) is 45.4 Å². The Morgan fingerprint density at radius 3 is 2.56 bits per heavy atom. The lowest BCUT2D eigenvalue weighted by atomic mass is 9.83. The van der Waals surface area contributed by atoms with Crippen molar-refractivity contribution >= 4 is 5.91 Å². The minimum absolute atomic E-state index is 0.160. The van der Waals surface area contributed by atoms with Crippen LogP contribution in [-0.2, 0) is 4.79 Å². The van der Waals surface area contributed by atoms with Gasteiger partial charge in [0.05, 0.1) is 0 Å². The summed E-state index contributed by atoms with van der Waals surface area (Å²) < 4.78 is 0. The van der Waals surface area contributed by atoms with E-state index in [1.807, 2.05) is 6.20 Å². The molecule has 3 N–H and O–H groups in total. The Morgan fingerprint density at radius 2 is 1.89 bits per heavy atom. The van der Waals surface area contributed by atoms with E-state index in [0.29, 0.717) is 0 Å². The first-order valence-electron chi connectivity index (χ1n) is 7.19. The third-order valence-electron chi connectivity index (χ3n) is 4.10. The van der Waals surface area contributed by atoms with Crippen LogP contribution in [0.25, 0.3) is 0 Å². The Bertz CT molecular complexity index is 298. The minimum atomic E-state index is 0.160. The van der Waals surface area contributed by atoms with Gasteiger partial charge in [-0.2, -0.15) is 0 Å². The highest BCUT2D eigenvalue weighted by molar-refractivity contribution is 5.78. The molecule has 0 aromatic heterocycles. The van der Waals surface area contributed by atoms with Crippen molar-refractivity contribution in [3.8, 4) is 0 Å². The van der Waals surface area contributed by atoms with Crippen LogP contribution < -0.4 is 16.2 Å². The number of hydrogen-bond donors (Lipinski definition) is 3. The number of carbonyl (C=O) groups is 1. The molecule has 2 aliphatic rings. The van der Waals surface area contributed by atoms with Gasteiger partial charge in [0.2, 0.25) is 5.91 Å². The molecule has 1 saturated heterocycles. The van der Waals surface area contributed by atoms with Gasteiger partial charge in [0.15, 0.2) is 0 Å². The van der Waals surface area contributed by atoms with Gasteiger partial charge >= 0.3 is 0 Å². The van der Waals surface area contributed by atoms with Crippen LogP contribution in [0.5, 0.6) is 0 Å². The summed E-state index contributed by atoms with van der Waals surface area (Å²) in [4.78, 5) is 11.9. The number of piperidine rings is 1. The largest absolute Gasteiger partial charge is 0.316 e. The van der Waals surface area contributed by atoms with Crippen LogP contribution in [0, 0.1) is 11.8 Å². The van der Waals surface area contributed by atoms with Crippen LogP contribution in [-0.4, -0.2) is 19.0 Å². The van der Waals surface area contributed by atoms with Crippen LogP contribution >= 0.6 is 0 Å². The van der Waals surface area contributed by atoms with E-state index in [2.05, 4.69) is 23.1 Å². The van der Waals surface area contributed by atoms with Gasteiger partial charge in [0.25, 0.3) is 0 Å². The van der Waals surface area contributed by atoms with Gasteiger partial charge < -0.3 is 10.7 Å². The monoisotopic (exact) mass is 251 g/mol. The van der Waals surface area contributed by atoms with Gasteiger partial charge in [-0.15, -0.1) is 0 Å². The van der Waals surface area contributed by atoms with E-state index in [-0.39, 0.29) is 11.8 Å². The van der Waals surface area contributed by atoms with Gasteiger partial charge in [-0.25, -0.2) is 0 Å². The van der Waals surface area contributed by atoms with Gasteiger partial charge in [-0.05, 0) is 57.5 Å². The van der Waals surface area contributed by atoms with E-state index in [1.54, 1.807) is 0 Å². The van der Waals surface area contributed by atoms with Crippen molar-refractivity contribution in [3.05, 3.63) is 11.8 Å². The summed E-state index contributed by atoms with van der Waals surface area (Å²) in [7, 11) is 0. The zero-order chi connectivity index (χ0) is 12.8. The Balaban J connectivity index is 1.68. The average molecular weight is 251 g/mol. The minimum Gasteiger partial charge on any atom is -0.316 e. The fourth-order valence-corrected chi connectivity index (χ4v) is 2.73. The van der Waals surface area contributed by atoms with Gasteiger partial charge in [0.1, 0.15) is 0 Å². The lowest BCUT2D eigenvalue weighted by molar-refractivity contribution is -0.126. The number of nitrogens with one attached hydrogen (secondary N) is 3. The summed E-state index contributed by atoms with van der Waals surface area (Å²) >= 11 is 0. The van der Waals surface area contributed by atoms with Crippen molar-refractivity contribution < 1.29 is 4.79 Å². The zero-order valence-electron chi connectivity index (χ0n) is 11.3. The highest BCUT2D eigenvalue weighted by Gasteiger charge is 2.23. The summed E-state index contributed by atoms with van der Waals surface area (Å²) in [6.45, 7) is 4.36. The Kier molecular flexibility index (Phi) is 5.05. The Labute approximate surface area is 110 Å². The molecule has 1 aliphatic carbocycles. The third-order valence-corrected chi connectivity index (χ3v) is 4.10. The summed E-state index contributed by atoms with van der Waals surface area (Å²) in [5.41, 5.74) is 7.18. The molecule has 4 heteroatoms. The van der Waals surface area contributed by atoms with Gasteiger partial charge in [-0.3, -0.25) is 10.2 Å². The number of carbonyl (C=O) groups excluding carboxylic acids is 1. The summed E-state index contributed by atoms with van der Waals surface area (Å²) in [6, 6.07) is 0. The molecule has 1 heterocycles. The van der Waals surface area contributed by atoms with E-state index < -0.39 is 0 Å². The van der Waals surface area contributed by atoms with E-state index in [4.69, 9.17) is 0 Å². The lowest BCUT2D eigenvalue weighted by Crippen LogP contribution is -2.40. The Morgan fingerprint density at radius 1 is 1.22 bits per heavy atom. The number of hydrazine groups is 1. The number of rotatable bonds is 3. The highest BCUT2D eigenvalue weighted by Crippen LogP contribution is 2.28. The molecule has 1 aliphatic heterocycles. The molecule has 0 unspecified atom stereocenters. The highest BCUT2D eigenvalue weighted by atomic mass is 16.2. The predicted molar refractivity (Wildman–Crippen MR) is 72.6 cm³/mol. The first-order chi connectivity index (χ1) is 8.75. The fourth-order valence-electron chi connectivity index (χ4n) is 2.73. The molecule has 2 rings (SSSR count). The lowest BCUT2D eigenvalue weighted by Gasteiger charge is -2.25. The van der Waals surface area contributed by atoms with Crippen molar-refractivity contribution in [3.63, 3.8) is 0 Å². The predicted octanol–water partition coefficient (Wildman–Crippen LogP) is 1.70. The maximum Gasteiger partial charge on any atom is 0.241 e. The maximum absolute atomic E-state index is 11.9. The molecule has 0 bridgehead atoms. The molecular weight excluding hydrogens is 226 g/mol. The van der Waals surface area contributed by atoms with Crippen molar-refractivity contribution in [1.82, 2.24) is 16.2 Å². The van der Waals surface area contributed by atoms with E-state index >= 15 is 0 Å². The average Bonchev–Trinajstić information content (AvgIpc) is 2.40. The van der Waals surface area contributed by atoms with Crippen molar-refractivity contribution in [2.75, 3.05) is 13.1 Å². The fraction of sp³-hybridized carbons (Fsp3) is 0.786. The molecule has 18 heavy (non-hydrogen) atoms. The summed E-state index contributed by atoms with van der Waals surface area (Å²) in [5, 5.41) is 3.31. The first-order valence-corrected chi connectivity index (χ1v) is 7.19. The molecular formula is C14H25N3O. The van der Waals surface area contributed by atoms with Crippen molar-refractivity contribution in [2.24, 2.45) is 11.8 Å². The zero-order valence-corrected chi connectivity index (χ0v) is 11.3. The molecule has 1 amide bonds. The van der Waals surface area contributed by atoms with Crippen molar-refractivity contribution in [1.29, 1.82) is 0 Å². The standard InChI is InChI=1S/C14H25N3O/c1-11-2-4-13(5-3-11)14(18)17-16-10-12-6-8-15-9-7-12/h10-11,13,15-16H,2-9H2,1H3,(H,17,18). The SMILES string of the molecule is CC1CCC(C(=O)NNC=C2CCNCC2)CC1. The summed E-state index contributed by atoms with van der Waals surface area (Å²) in [5.74, 6) is 1.16. The molecule has 0 radical (unpaired) electrons. The molecule has 2 fully saturated rings. The van der Waals surface area contributed by atoms with E-state index in [0.717, 1.165) is 44.7 Å². The second-order valence-corrected chi connectivity index (χ2v) is 5.64. The smallest absolute Gasteiger partial charge is 0.241 e. The number of amides is 1. The normalized spacial score (nSPS) is 28.6. The van der Waals surface area contributed by atoms with E-state index in [9.17, 15) is 4.79 Å². The van der Waals surface area contributed by atoms with Crippen LogP contribution in [0.3, 0.4) is 0 Å². The number of hydrogen-bond acceptors (Lipinski definition) is 3. The third kappa shape index (κ3) is 4.02. The van der Waals surface area contributed by atoms with Crippen LogP contribution in [0.4, 0.5) is 0 Å².